The highest BCUT2D eigenvalue weighted by Gasteiger charge is 1.79. The Hall–Kier alpha value is -1.15. The lowest BCUT2D eigenvalue weighted by Gasteiger charge is -1.90. The van der Waals surface area contributed by atoms with Crippen molar-refractivity contribution in [1.82, 2.24) is 0 Å². The van der Waals surface area contributed by atoms with Gasteiger partial charge in [-0.2, -0.15) is 0 Å². The molecular weight excluding hydrogens is 164 g/mol. The number of hydrogen-bond donors (Lipinski definition) is 0. The van der Waals surface area contributed by atoms with Gasteiger partial charge in [0.1, 0.15) is 6.79 Å². The summed E-state index contributed by atoms with van der Waals surface area (Å²) in [6, 6.07) is 8.48. The van der Waals surface area contributed by atoms with Gasteiger partial charge in [0.25, 0.3) is 0 Å². The number of aryl methyl sites for hydroxylation is 2. The van der Waals surface area contributed by atoms with E-state index < -0.39 is 0 Å². The van der Waals surface area contributed by atoms with Crippen molar-refractivity contribution in [2.24, 2.45) is 0 Å². The molecule has 2 nitrogen and oxygen atoms in total. The summed E-state index contributed by atoms with van der Waals surface area (Å²) in [5, 5.41) is 0. The van der Waals surface area contributed by atoms with E-state index in [4.69, 9.17) is 4.79 Å². The maximum atomic E-state index is 8.00. The number of benzene rings is 1. The number of ether oxygens (including phenoxy) is 1. The molecule has 0 aliphatic carbocycles. The van der Waals surface area contributed by atoms with Gasteiger partial charge in [0, 0.05) is 14.2 Å². The predicted octanol–water partition coefficient (Wildman–Crippen LogP) is 2.38. The fourth-order valence-corrected chi connectivity index (χ4v) is 0.637. The number of carbonyl (C=O) groups excluding carboxylic acids is 1. The third kappa shape index (κ3) is 10.8. The van der Waals surface area contributed by atoms with Gasteiger partial charge in [-0.25, -0.2) is 0 Å². The highest BCUT2D eigenvalue weighted by molar-refractivity contribution is 5.19. The molecule has 0 bridgehead atoms. The van der Waals surface area contributed by atoms with Crippen molar-refractivity contribution in [2.75, 3.05) is 14.2 Å². The molecule has 1 aromatic rings. The number of rotatable bonds is 0. The predicted molar refractivity (Wildman–Crippen MR) is 56.0 cm³/mol. The first-order valence-electron chi connectivity index (χ1n) is 3.93. The average molecular weight is 182 g/mol. The third-order valence-corrected chi connectivity index (χ3v) is 1.22. The van der Waals surface area contributed by atoms with Gasteiger partial charge >= 0.3 is 0 Å². The largest absolute Gasteiger partial charge is 0.388 e. The Bertz CT molecular complexity index is 171. The molecule has 0 spiro atoms. The first-order chi connectivity index (χ1) is 6.20. The molecule has 0 N–H and O–H groups in total. The molecule has 0 radical (unpaired) electrons. The Morgan fingerprint density at radius 3 is 1.23 bits per heavy atom. The van der Waals surface area contributed by atoms with E-state index in [0.29, 0.717) is 0 Å². The zero-order valence-corrected chi connectivity index (χ0v) is 8.83. The van der Waals surface area contributed by atoms with E-state index >= 15 is 0 Å². The highest BCUT2D eigenvalue weighted by Crippen LogP contribution is 1.99. The molecule has 0 unspecified atom stereocenters. The maximum absolute atomic E-state index is 8.00. The molecular formula is C11H18O2. The first-order valence-corrected chi connectivity index (χ1v) is 3.93. The number of methoxy groups -OCH3 is 1. The summed E-state index contributed by atoms with van der Waals surface area (Å²) in [6.07, 6.45) is 0. The van der Waals surface area contributed by atoms with Crippen LogP contribution in [0, 0.1) is 13.8 Å². The van der Waals surface area contributed by atoms with E-state index in [9.17, 15) is 0 Å². The van der Waals surface area contributed by atoms with E-state index in [2.05, 4.69) is 42.8 Å². The smallest absolute Gasteiger partial charge is 0.106 e. The zero-order valence-electron chi connectivity index (χ0n) is 8.83. The normalized spacial score (nSPS) is 7.38. The van der Waals surface area contributed by atoms with Crippen LogP contribution in [-0.4, -0.2) is 21.0 Å². The molecule has 1 rings (SSSR count). The molecule has 0 aliphatic rings. The van der Waals surface area contributed by atoms with Crippen LogP contribution in [0.3, 0.4) is 0 Å². The molecule has 0 saturated heterocycles. The minimum atomic E-state index is 1.33. The Balaban J connectivity index is 0. The van der Waals surface area contributed by atoms with Crippen LogP contribution in [0.4, 0.5) is 0 Å². The molecule has 0 aliphatic heterocycles. The summed E-state index contributed by atoms with van der Waals surface area (Å²) in [7, 11) is 3.25. The second kappa shape index (κ2) is 10.8. The molecule has 1 aromatic carbocycles. The van der Waals surface area contributed by atoms with Crippen LogP contribution in [0.15, 0.2) is 24.3 Å². The third-order valence-electron chi connectivity index (χ3n) is 1.22. The van der Waals surface area contributed by atoms with Gasteiger partial charge in [0.2, 0.25) is 0 Å². The summed E-state index contributed by atoms with van der Waals surface area (Å²) < 4.78 is 4.25. The highest BCUT2D eigenvalue weighted by atomic mass is 16.4. The van der Waals surface area contributed by atoms with E-state index in [1.165, 1.54) is 11.1 Å². The van der Waals surface area contributed by atoms with Gasteiger partial charge in [-0.15, -0.1) is 0 Å². The van der Waals surface area contributed by atoms with Gasteiger partial charge < -0.3 is 9.53 Å². The summed E-state index contributed by atoms with van der Waals surface area (Å²) in [5.41, 5.74) is 2.66. The van der Waals surface area contributed by atoms with Crippen LogP contribution < -0.4 is 0 Å². The standard InChI is InChI=1S/C8H10.C2H6O.CH2O/c1-7-3-5-8(2)6-4-7;1-3-2;1-2/h3-6H,1-2H3;1-2H3;1H2. The molecule has 0 amide bonds. The Labute approximate surface area is 80.5 Å². The Kier molecular flexibility index (Phi) is 12.0. The van der Waals surface area contributed by atoms with Gasteiger partial charge in [-0.1, -0.05) is 35.4 Å². The fourth-order valence-electron chi connectivity index (χ4n) is 0.637. The molecule has 0 heterocycles. The average Bonchev–Trinajstić information content (AvgIpc) is 2.15. The lowest BCUT2D eigenvalue weighted by Crippen LogP contribution is -1.70. The molecule has 74 valence electrons. The summed E-state index contributed by atoms with van der Waals surface area (Å²) >= 11 is 0. The topological polar surface area (TPSA) is 26.3 Å². The van der Waals surface area contributed by atoms with Crippen molar-refractivity contribution in [3.8, 4) is 0 Å². The summed E-state index contributed by atoms with van der Waals surface area (Å²) in [6.45, 7) is 6.19. The van der Waals surface area contributed by atoms with Crippen LogP contribution in [0.1, 0.15) is 11.1 Å². The van der Waals surface area contributed by atoms with Crippen LogP contribution in [0.5, 0.6) is 0 Å². The second-order valence-electron chi connectivity index (χ2n) is 2.56. The van der Waals surface area contributed by atoms with E-state index in [1.54, 1.807) is 14.2 Å². The number of carbonyl (C=O) groups is 1. The van der Waals surface area contributed by atoms with Crippen LogP contribution in [0.2, 0.25) is 0 Å². The summed E-state index contributed by atoms with van der Waals surface area (Å²) in [5.74, 6) is 0. The van der Waals surface area contributed by atoms with Crippen molar-refractivity contribution in [2.45, 2.75) is 13.8 Å². The SMILES string of the molecule is C=O.COC.Cc1ccc(C)cc1. The van der Waals surface area contributed by atoms with Gasteiger partial charge in [0.05, 0.1) is 0 Å². The fraction of sp³-hybridized carbons (Fsp3) is 0.364. The first kappa shape index (κ1) is 14.4. The van der Waals surface area contributed by atoms with Crippen molar-refractivity contribution in [3.05, 3.63) is 35.4 Å². The lowest BCUT2D eigenvalue weighted by molar-refractivity contribution is -0.0979. The maximum Gasteiger partial charge on any atom is 0.106 e. The Morgan fingerprint density at radius 2 is 1.08 bits per heavy atom. The summed E-state index contributed by atoms with van der Waals surface area (Å²) in [4.78, 5) is 8.00. The zero-order chi connectivity index (χ0) is 10.7. The quantitative estimate of drug-likeness (QED) is 0.615. The molecule has 2 heteroatoms. The van der Waals surface area contributed by atoms with E-state index in [0.717, 1.165) is 0 Å². The monoisotopic (exact) mass is 182 g/mol. The van der Waals surface area contributed by atoms with Gasteiger partial charge in [-0.3, -0.25) is 0 Å². The molecule has 0 atom stereocenters. The van der Waals surface area contributed by atoms with Crippen molar-refractivity contribution < 1.29 is 9.53 Å². The van der Waals surface area contributed by atoms with Gasteiger partial charge in [-0.05, 0) is 13.8 Å². The molecule has 0 fully saturated rings. The van der Waals surface area contributed by atoms with E-state index in [-0.39, 0.29) is 0 Å². The lowest BCUT2D eigenvalue weighted by atomic mass is 10.2. The molecule has 13 heavy (non-hydrogen) atoms. The van der Waals surface area contributed by atoms with Crippen LogP contribution in [-0.2, 0) is 9.53 Å². The van der Waals surface area contributed by atoms with Crippen LogP contribution >= 0.6 is 0 Å². The van der Waals surface area contributed by atoms with Crippen molar-refractivity contribution in [1.29, 1.82) is 0 Å². The minimum Gasteiger partial charge on any atom is -0.388 e. The minimum absolute atomic E-state index is 1.33. The molecule has 0 aromatic heterocycles. The van der Waals surface area contributed by atoms with Gasteiger partial charge in [0.15, 0.2) is 0 Å². The Morgan fingerprint density at radius 1 is 0.923 bits per heavy atom. The van der Waals surface area contributed by atoms with E-state index in [1.807, 2.05) is 6.79 Å². The second-order valence-corrected chi connectivity index (χ2v) is 2.56. The number of hydrogen-bond acceptors (Lipinski definition) is 2. The van der Waals surface area contributed by atoms with Crippen molar-refractivity contribution in [3.63, 3.8) is 0 Å². The molecule has 0 saturated carbocycles. The van der Waals surface area contributed by atoms with Crippen molar-refractivity contribution >= 4 is 6.79 Å². The van der Waals surface area contributed by atoms with Crippen LogP contribution in [0.25, 0.3) is 0 Å².